The first-order valence-corrected chi connectivity index (χ1v) is 7.24. The van der Waals surface area contributed by atoms with Crippen LogP contribution in [0.3, 0.4) is 0 Å². The van der Waals surface area contributed by atoms with E-state index < -0.39 is 0 Å². The van der Waals surface area contributed by atoms with E-state index in [-0.39, 0.29) is 17.3 Å². The molecule has 0 radical (unpaired) electrons. The van der Waals surface area contributed by atoms with Crippen LogP contribution in [0.1, 0.15) is 49.3 Å². The average Bonchev–Trinajstić information content (AvgIpc) is 3.21. The number of fused-ring (bicyclic) bond motifs is 1. The van der Waals surface area contributed by atoms with Crippen LogP contribution < -0.4 is 10.5 Å². The van der Waals surface area contributed by atoms with E-state index in [1.165, 1.54) is 0 Å². The van der Waals surface area contributed by atoms with Crippen LogP contribution in [0.5, 0.6) is 5.75 Å². The van der Waals surface area contributed by atoms with Crippen molar-refractivity contribution in [3.05, 3.63) is 28.6 Å². The molecule has 3 heteroatoms. The van der Waals surface area contributed by atoms with Crippen molar-refractivity contribution >= 4 is 0 Å². The largest absolute Gasteiger partial charge is 0.496 e. The predicted octanol–water partition coefficient (Wildman–Crippen LogP) is 3.09. The first kappa shape index (κ1) is 12.9. The van der Waals surface area contributed by atoms with Gasteiger partial charge in [0.25, 0.3) is 0 Å². The van der Waals surface area contributed by atoms with Gasteiger partial charge in [-0.1, -0.05) is 0 Å². The fraction of sp³-hybridized carbons (Fsp3) is 0.625. The Kier molecular flexibility index (Phi) is 3.05. The topological polar surface area (TPSA) is 35.2 Å². The molecule has 1 aromatic rings. The maximum Gasteiger partial charge on any atom is 0.130 e. The summed E-state index contributed by atoms with van der Waals surface area (Å²) in [5, 5.41) is 0. The summed E-state index contributed by atoms with van der Waals surface area (Å²) in [6.07, 6.45) is 5.94. The third kappa shape index (κ3) is 1.86. The standard InChI is InChI=1S/C16H22FNO/c1-10(18)16(7-8-16)13-9-14(19-2)11-5-3-4-6-12(11)15(13)17/h9-10H,3-8,18H2,1-2H3. The molecule has 2 nitrogen and oxygen atoms in total. The van der Waals surface area contributed by atoms with Crippen molar-refractivity contribution in [2.24, 2.45) is 5.73 Å². The third-order valence-electron chi connectivity index (χ3n) is 4.96. The number of rotatable bonds is 3. The van der Waals surface area contributed by atoms with Gasteiger partial charge in [-0.15, -0.1) is 0 Å². The van der Waals surface area contributed by atoms with Crippen molar-refractivity contribution in [2.45, 2.75) is 56.9 Å². The van der Waals surface area contributed by atoms with E-state index in [1.807, 2.05) is 13.0 Å². The van der Waals surface area contributed by atoms with Crippen LogP contribution in [0.2, 0.25) is 0 Å². The lowest BCUT2D eigenvalue weighted by Gasteiger charge is -2.26. The molecule has 104 valence electrons. The molecule has 2 N–H and O–H groups in total. The number of benzene rings is 1. The quantitative estimate of drug-likeness (QED) is 0.909. The molecule has 0 aliphatic heterocycles. The van der Waals surface area contributed by atoms with E-state index in [1.54, 1.807) is 7.11 Å². The maximum absolute atomic E-state index is 14.9. The van der Waals surface area contributed by atoms with Crippen LogP contribution in [-0.4, -0.2) is 13.2 Å². The molecule has 0 spiro atoms. The van der Waals surface area contributed by atoms with Crippen LogP contribution in [0.15, 0.2) is 6.07 Å². The number of ether oxygens (including phenoxy) is 1. The van der Waals surface area contributed by atoms with Crippen molar-refractivity contribution in [1.29, 1.82) is 0 Å². The summed E-state index contributed by atoms with van der Waals surface area (Å²) in [5.41, 5.74) is 8.70. The molecule has 2 aliphatic rings. The number of halogens is 1. The second-order valence-corrected chi connectivity index (χ2v) is 6.05. The molecule has 1 atom stereocenters. The van der Waals surface area contributed by atoms with Crippen LogP contribution >= 0.6 is 0 Å². The summed E-state index contributed by atoms with van der Waals surface area (Å²) in [4.78, 5) is 0. The molecule has 1 saturated carbocycles. The highest BCUT2D eigenvalue weighted by atomic mass is 19.1. The van der Waals surface area contributed by atoms with Crippen LogP contribution in [0.4, 0.5) is 4.39 Å². The second kappa shape index (κ2) is 4.48. The Morgan fingerprint density at radius 1 is 1.26 bits per heavy atom. The Hall–Kier alpha value is -1.09. The number of hydrogen-bond acceptors (Lipinski definition) is 2. The highest BCUT2D eigenvalue weighted by Crippen LogP contribution is 2.53. The van der Waals surface area contributed by atoms with E-state index in [4.69, 9.17) is 10.5 Å². The summed E-state index contributed by atoms with van der Waals surface area (Å²) in [6, 6.07) is 1.91. The van der Waals surface area contributed by atoms with E-state index in [9.17, 15) is 4.39 Å². The molecule has 19 heavy (non-hydrogen) atoms. The number of hydrogen-bond donors (Lipinski definition) is 1. The third-order valence-corrected chi connectivity index (χ3v) is 4.96. The van der Waals surface area contributed by atoms with Gasteiger partial charge in [-0.25, -0.2) is 4.39 Å². The van der Waals surface area contributed by atoms with E-state index in [0.717, 1.165) is 61.0 Å². The summed E-state index contributed by atoms with van der Waals surface area (Å²) >= 11 is 0. The summed E-state index contributed by atoms with van der Waals surface area (Å²) in [6.45, 7) is 1.98. The molecular weight excluding hydrogens is 241 g/mol. The normalized spacial score (nSPS) is 21.7. The van der Waals surface area contributed by atoms with Crippen molar-refractivity contribution in [3.63, 3.8) is 0 Å². The van der Waals surface area contributed by atoms with Gasteiger partial charge in [0.15, 0.2) is 0 Å². The average molecular weight is 263 g/mol. The Morgan fingerprint density at radius 2 is 1.89 bits per heavy atom. The minimum atomic E-state index is -0.149. The van der Waals surface area contributed by atoms with Gasteiger partial charge in [-0.3, -0.25) is 0 Å². The van der Waals surface area contributed by atoms with Gasteiger partial charge in [0.05, 0.1) is 7.11 Å². The molecule has 0 amide bonds. The molecule has 1 aromatic carbocycles. The summed E-state index contributed by atoms with van der Waals surface area (Å²) in [5.74, 6) is 0.850. The van der Waals surface area contributed by atoms with E-state index in [2.05, 4.69) is 0 Å². The van der Waals surface area contributed by atoms with Gasteiger partial charge in [0, 0.05) is 17.0 Å². The number of methoxy groups -OCH3 is 1. The number of nitrogens with two attached hydrogens (primary N) is 1. The Morgan fingerprint density at radius 3 is 2.42 bits per heavy atom. The van der Waals surface area contributed by atoms with Gasteiger partial charge in [-0.2, -0.15) is 0 Å². The molecule has 2 aliphatic carbocycles. The van der Waals surface area contributed by atoms with E-state index in [0.29, 0.717) is 0 Å². The lowest BCUT2D eigenvalue weighted by molar-refractivity contribution is 0.398. The van der Waals surface area contributed by atoms with Crippen molar-refractivity contribution in [3.8, 4) is 5.75 Å². The SMILES string of the molecule is COc1cc(C2(C(C)N)CC2)c(F)c2c1CCCC2. The highest BCUT2D eigenvalue weighted by molar-refractivity contribution is 5.50. The molecule has 1 unspecified atom stereocenters. The molecule has 0 aromatic heterocycles. The molecule has 0 bridgehead atoms. The highest BCUT2D eigenvalue weighted by Gasteiger charge is 2.50. The van der Waals surface area contributed by atoms with Crippen molar-refractivity contribution < 1.29 is 9.13 Å². The minimum Gasteiger partial charge on any atom is -0.496 e. The van der Waals surface area contributed by atoms with Gasteiger partial charge >= 0.3 is 0 Å². The smallest absolute Gasteiger partial charge is 0.130 e. The van der Waals surface area contributed by atoms with E-state index >= 15 is 0 Å². The van der Waals surface area contributed by atoms with Crippen LogP contribution in [0.25, 0.3) is 0 Å². The minimum absolute atomic E-state index is 0.00616. The molecule has 0 heterocycles. The Balaban J connectivity index is 2.16. The lowest BCUT2D eigenvalue weighted by atomic mass is 9.82. The fourth-order valence-electron chi connectivity index (χ4n) is 3.51. The van der Waals surface area contributed by atoms with Gasteiger partial charge in [0.2, 0.25) is 0 Å². The molecule has 1 fully saturated rings. The monoisotopic (exact) mass is 263 g/mol. The van der Waals surface area contributed by atoms with Gasteiger partial charge in [0.1, 0.15) is 11.6 Å². The Labute approximate surface area is 114 Å². The van der Waals surface area contributed by atoms with Crippen LogP contribution in [0, 0.1) is 5.82 Å². The summed E-state index contributed by atoms with van der Waals surface area (Å²) < 4.78 is 20.4. The Bertz CT molecular complexity index is 506. The molecular formula is C16H22FNO. The second-order valence-electron chi connectivity index (χ2n) is 6.05. The van der Waals surface area contributed by atoms with Crippen molar-refractivity contribution in [2.75, 3.05) is 7.11 Å². The molecule has 0 saturated heterocycles. The fourth-order valence-corrected chi connectivity index (χ4v) is 3.51. The summed E-state index contributed by atoms with van der Waals surface area (Å²) in [7, 11) is 1.68. The van der Waals surface area contributed by atoms with Crippen LogP contribution in [-0.2, 0) is 18.3 Å². The first-order valence-electron chi connectivity index (χ1n) is 7.24. The zero-order valence-corrected chi connectivity index (χ0v) is 11.8. The van der Waals surface area contributed by atoms with Gasteiger partial charge < -0.3 is 10.5 Å². The lowest BCUT2D eigenvalue weighted by Crippen LogP contribution is -2.33. The zero-order chi connectivity index (χ0) is 13.6. The predicted molar refractivity (Wildman–Crippen MR) is 74.2 cm³/mol. The van der Waals surface area contributed by atoms with Gasteiger partial charge in [-0.05, 0) is 62.6 Å². The molecule has 3 rings (SSSR count). The maximum atomic E-state index is 14.9. The zero-order valence-electron chi connectivity index (χ0n) is 11.8. The first-order chi connectivity index (χ1) is 9.10. The van der Waals surface area contributed by atoms with Crippen molar-refractivity contribution in [1.82, 2.24) is 0 Å².